The number of hydrogen-bond donors (Lipinski definition) is 2. The molecule has 0 unspecified atom stereocenters. The van der Waals surface area contributed by atoms with Gasteiger partial charge < -0.3 is 10.6 Å². The fourth-order valence-electron chi connectivity index (χ4n) is 2.36. The number of aryl methyl sites for hydroxylation is 1. The summed E-state index contributed by atoms with van der Waals surface area (Å²) in [7, 11) is 0. The number of nitrogens with one attached hydrogen (secondary N) is 1. The van der Waals surface area contributed by atoms with Crippen LogP contribution in [0.1, 0.15) is 24.1 Å². The summed E-state index contributed by atoms with van der Waals surface area (Å²) < 4.78 is 13.6. The Kier molecular flexibility index (Phi) is 6.52. The molecule has 2 rings (SSSR count). The number of anilines is 1. The van der Waals surface area contributed by atoms with E-state index in [2.05, 4.69) is 5.32 Å². The van der Waals surface area contributed by atoms with Crippen molar-refractivity contribution in [2.24, 2.45) is 0 Å². The van der Waals surface area contributed by atoms with E-state index in [-0.39, 0.29) is 29.2 Å². The number of amides is 1. The molecule has 1 atom stereocenters. The molecule has 0 spiro atoms. The molecular weight excluding hydrogens is 384 g/mol. The van der Waals surface area contributed by atoms with E-state index < -0.39 is 10.7 Å². The number of carbonyl (C=O) groups is 1. The van der Waals surface area contributed by atoms with Crippen molar-refractivity contribution >= 4 is 40.5 Å². The molecule has 3 N–H and O–H groups in total. The van der Waals surface area contributed by atoms with E-state index in [0.29, 0.717) is 21.8 Å². The number of carbonyl (C=O) groups excluding carboxylic acids is 1. The van der Waals surface area contributed by atoms with Crippen molar-refractivity contribution in [3.8, 4) is 0 Å². The minimum Gasteiger partial charge on any atom is -0.332 e. The van der Waals surface area contributed by atoms with E-state index in [1.54, 1.807) is 25.2 Å². The van der Waals surface area contributed by atoms with Crippen LogP contribution in [0.5, 0.6) is 0 Å². The van der Waals surface area contributed by atoms with Gasteiger partial charge in [0.05, 0.1) is 20.7 Å². The third-order valence-electron chi connectivity index (χ3n) is 3.89. The highest BCUT2D eigenvalue weighted by Gasteiger charge is 2.18. The molecule has 2 aromatic carbocycles. The Labute approximate surface area is 159 Å². The topological polar surface area (TPSA) is 88.9 Å². The summed E-state index contributed by atoms with van der Waals surface area (Å²) in [5.41, 5.74) is 1.50. The molecule has 0 aromatic heterocycles. The molecule has 2 aromatic rings. The Morgan fingerprint density at radius 1 is 1.31 bits per heavy atom. The lowest BCUT2D eigenvalue weighted by atomic mass is 10.1. The maximum atomic E-state index is 13.6. The highest BCUT2D eigenvalue weighted by atomic mass is 35.5. The lowest BCUT2D eigenvalue weighted by molar-refractivity contribution is -0.682. The van der Waals surface area contributed by atoms with Gasteiger partial charge in [0.2, 0.25) is 0 Å². The van der Waals surface area contributed by atoms with E-state index in [0.717, 1.165) is 0 Å². The first-order chi connectivity index (χ1) is 12.2. The summed E-state index contributed by atoms with van der Waals surface area (Å²) >= 11 is 11.8. The number of hydrogen-bond acceptors (Lipinski definition) is 3. The molecule has 6 nitrogen and oxygen atoms in total. The molecule has 26 heavy (non-hydrogen) atoms. The van der Waals surface area contributed by atoms with Gasteiger partial charge in [0.25, 0.3) is 11.6 Å². The summed E-state index contributed by atoms with van der Waals surface area (Å²) in [5.74, 6) is -0.922. The molecule has 138 valence electrons. The molecule has 0 heterocycles. The van der Waals surface area contributed by atoms with Crippen LogP contribution >= 0.6 is 23.2 Å². The van der Waals surface area contributed by atoms with Crippen LogP contribution in [0.15, 0.2) is 30.3 Å². The van der Waals surface area contributed by atoms with Crippen LogP contribution < -0.4 is 10.6 Å². The van der Waals surface area contributed by atoms with Gasteiger partial charge in [-0.15, -0.1) is 0 Å². The van der Waals surface area contributed by atoms with E-state index in [1.165, 1.54) is 24.3 Å². The van der Waals surface area contributed by atoms with Crippen LogP contribution in [0.2, 0.25) is 10.0 Å². The number of nitro groups is 1. The van der Waals surface area contributed by atoms with Crippen molar-refractivity contribution in [2.75, 3.05) is 11.9 Å². The van der Waals surface area contributed by atoms with Crippen molar-refractivity contribution in [1.82, 2.24) is 0 Å². The van der Waals surface area contributed by atoms with Crippen LogP contribution in [0, 0.1) is 22.9 Å². The number of quaternary nitrogens is 1. The molecule has 0 aliphatic heterocycles. The molecule has 0 saturated heterocycles. The fourth-order valence-corrected chi connectivity index (χ4v) is 2.91. The van der Waals surface area contributed by atoms with Crippen molar-refractivity contribution in [1.29, 1.82) is 0 Å². The highest BCUT2D eigenvalue weighted by molar-refractivity contribution is 6.35. The highest BCUT2D eigenvalue weighted by Crippen LogP contribution is 2.27. The Morgan fingerprint density at radius 2 is 2.00 bits per heavy atom. The predicted molar refractivity (Wildman–Crippen MR) is 98.1 cm³/mol. The van der Waals surface area contributed by atoms with Crippen molar-refractivity contribution in [3.05, 3.63) is 67.4 Å². The zero-order valence-electron chi connectivity index (χ0n) is 14.1. The molecular formula is C17H17Cl2FN3O3+. The average Bonchev–Trinajstić information content (AvgIpc) is 2.57. The lowest BCUT2D eigenvalue weighted by Crippen LogP contribution is -2.86. The number of benzene rings is 2. The quantitative estimate of drug-likeness (QED) is 0.440. The number of nitrogens with zero attached hydrogens (tertiary/aromatic N) is 1. The second-order valence-corrected chi connectivity index (χ2v) is 6.64. The summed E-state index contributed by atoms with van der Waals surface area (Å²) in [6.07, 6.45) is 0. The minimum absolute atomic E-state index is 0.0316. The van der Waals surface area contributed by atoms with Crippen molar-refractivity contribution in [3.63, 3.8) is 0 Å². The summed E-state index contributed by atoms with van der Waals surface area (Å²) in [6, 6.07) is 6.53. The van der Waals surface area contributed by atoms with Crippen LogP contribution in [-0.2, 0) is 4.79 Å². The summed E-state index contributed by atoms with van der Waals surface area (Å²) in [6.45, 7) is 3.55. The predicted octanol–water partition coefficient (Wildman–Crippen LogP) is 3.61. The van der Waals surface area contributed by atoms with Gasteiger partial charge in [-0.25, -0.2) is 4.39 Å². The number of nitro benzene ring substituents is 1. The Morgan fingerprint density at radius 3 is 2.65 bits per heavy atom. The van der Waals surface area contributed by atoms with Gasteiger partial charge in [0.15, 0.2) is 6.54 Å². The van der Waals surface area contributed by atoms with E-state index in [9.17, 15) is 19.3 Å². The van der Waals surface area contributed by atoms with Crippen molar-refractivity contribution in [2.45, 2.75) is 19.9 Å². The van der Waals surface area contributed by atoms with Gasteiger partial charge in [-0.2, -0.15) is 0 Å². The van der Waals surface area contributed by atoms with E-state index in [4.69, 9.17) is 23.2 Å². The summed E-state index contributed by atoms with van der Waals surface area (Å²) in [4.78, 5) is 22.5. The second-order valence-electron chi connectivity index (χ2n) is 5.82. The number of nitrogens with two attached hydrogens (primary N) is 1. The maximum absolute atomic E-state index is 13.6. The third kappa shape index (κ3) is 4.91. The maximum Gasteiger partial charge on any atom is 0.279 e. The van der Waals surface area contributed by atoms with Gasteiger partial charge in [-0.3, -0.25) is 14.9 Å². The third-order valence-corrected chi connectivity index (χ3v) is 4.51. The van der Waals surface area contributed by atoms with Gasteiger partial charge in [-0.1, -0.05) is 29.3 Å². The molecule has 0 aliphatic carbocycles. The van der Waals surface area contributed by atoms with Gasteiger partial charge >= 0.3 is 0 Å². The first-order valence-electron chi connectivity index (χ1n) is 7.71. The van der Waals surface area contributed by atoms with Crippen LogP contribution in [0.3, 0.4) is 0 Å². The van der Waals surface area contributed by atoms with E-state index >= 15 is 0 Å². The Balaban J connectivity index is 2.02. The van der Waals surface area contributed by atoms with Gasteiger partial charge in [0.1, 0.15) is 11.9 Å². The number of non-ortho nitro benzene ring substituents is 1. The number of halogens is 3. The SMILES string of the molecule is Cc1ccc([N+](=O)[O-])cc1NC(=O)C[NH2+][C@@H](C)c1cc(F)c(Cl)cc1Cl. The van der Waals surface area contributed by atoms with Gasteiger partial charge in [-0.05, 0) is 31.5 Å². The smallest absolute Gasteiger partial charge is 0.279 e. The standard InChI is InChI=1S/C17H16Cl2FN3O3/c1-9-3-4-11(23(25)26)5-16(9)22-17(24)8-21-10(2)12-6-15(20)14(19)7-13(12)18/h3-7,10,21H,8H2,1-2H3,(H,22,24)/p+1/t10-/m0/s1. The molecule has 0 radical (unpaired) electrons. The molecule has 1 amide bonds. The molecule has 0 saturated carbocycles. The zero-order valence-corrected chi connectivity index (χ0v) is 15.6. The molecule has 9 heteroatoms. The van der Waals surface area contributed by atoms with Crippen LogP contribution in [-0.4, -0.2) is 17.4 Å². The molecule has 0 aliphatic rings. The molecule has 0 fully saturated rings. The average molecular weight is 401 g/mol. The molecule has 0 bridgehead atoms. The first-order valence-corrected chi connectivity index (χ1v) is 8.47. The second kappa shape index (κ2) is 8.44. The van der Waals surface area contributed by atoms with Crippen LogP contribution in [0.4, 0.5) is 15.8 Å². The lowest BCUT2D eigenvalue weighted by Gasteiger charge is -2.14. The largest absolute Gasteiger partial charge is 0.332 e. The van der Waals surface area contributed by atoms with Gasteiger partial charge in [0, 0.05) is 17.7 Å². The van der Waals surface area contributed by atoms with E-state index in [1.807, 2.05) is 0 Å². The Hall–Kier alpha value is -2.22. The zero-order chi connectivity index (χ0) is 19.4. The fraction of sp³-hybridized carbons (Fsp3) is 0.235. The Bertz CT molecular complexity index is 861. The van der Waals surface area contributed by atoms with Crippen LogP contribution in [0.25, 0.3) is 0 Å². The van der Waals surface area contributed by atoms with Crippen molar-refractivity contribution < 1.29 is 19.4 Å². The normalized spacial score (nSPS) is 11.9. The number of rotatable bonds is 6. The summed E-state index contributed by atoms with van der Waals surface area (Å²) in [5, 5.41) is 15.4. The monoisotopic (exact) mass is 400 g/mol. The minimum atomic E-state index is -0.581. The first kappa shape index (κ1) is 20.1.